The van der Waals surface area contributed by atoms with Crippen LogP contribution in [0.1, 0.15) is 15.2 Å². The molecule has 0 fully saturated rings. The number of benzene rings is 1. The quantitative estimate of drug-likeness (QED) is 0.809. The topological polar surface area (TPSA) is 56.8 Å². The second-order valence-corrected chi connectivity index (χ2v) is 6.10. The Morgan fingerprint density at radius 1 is 1.18 bits per heavy atom. The molecule has 1 aromatic carbocycles. The van der Waals surface area contributed by atoms with Gasteiger partial charge in [0, 0.05) is 23.6 Å². The smallest absolute Gasteiger partial charge is 0.340 e. The monoisotopic (exact) mass is 341 g/mol. The molecule has 0 spiro atoms. The van der Waals surface area contributed by atoms with Gasteiger partial charge in [-0.15, -0.1) is 11.3 Å². The third kappa shape index (κ3) is 3.64. The summed E-state index contributed by atoms with van der Waals surface area (Å²) >= 11 is 7.39. The molecule has 2 aromatic rings. The van der Waals surface area contributed by atoms with Crippen molar-refractivity contribution in [2.75, 3.05) is 26.6 Å². The zero-order valence-corrected chi connectivity index (χ0v) is 14.0. The molecule has 0 aliphatic carbocycles. The fourth-order valence-corrected chi connectivity index (χ4v) is 2.96. The number of esters is 1. The van der Waals surface area contributed by atoms with Gasteiger partial charge in [-0.25, -0.2) is 4.79 Å². The molecule has 0 unspecified atom stereocenters. The Bertz CT molecular complexity index is 672. The highest BCUT2D eigenvalue weighted by Gasteiger charge is 2.17. The molecule has 22 heavy (non-hydrogen) atoms. The first-order valence-corrected chi connectivity index (χ1v) is 7.61. The molecule has 1 heterocycles. The van der Waals surface area contributed by atoms with E-state index in [0.29, 0.717) is 29.3 Å². The number of methoxy groups -OCH3 is 3. The van der Waals surface area contributed by atoms with Gasteiger partial charge in [0.2, 0.25) is 0 Å². The zero-order chi connectivity index (χ0) is 16.1. The molecular weight excluding hydrogens is 326 g/mol. The summed E-state index contributed by atoms with van der Waals surface area (Å²) in [5, 5.41) is 3.20. The Morgan fingerprint density at radius 3 is 2.41 bits per heavy atom. The number of thiophene rings is 1. The van der Waals surface area contributed by atoms with Crippen LogP contribution in [-0.2, 0) is 11.3 Å². The Balaban J connectivity index is 2.32. The molecule has 0 amide bonds. The molecule has 1 aromatic heterocycles. The van der Waals surface area contributed by atoms with Crippen molar-refractivity contribution in [2.45, 2.75) is 6.54 Å². The lowest BCUT2D eigenvalue weighted by molar-refractivity contribution is 0.0601. The third-order valence-corrected chi connectivity index (χ3v) is 4.24. The number of halogens is 1. The predicted octanol–water partition coefficient (Wildman–Crippen LogP) is 3.82. The SMILES string of the molecule is COC(=O)c1cc(OC)c(OC)cc1NCc1ccc(Cl)s1. The van der Waals surface area contributed by atoms with Gasteiger partial charge in [-0.2, -0.15) is 0 Å². The predicted molar refractivity (Wildman–Crippen MR) is 87.5 cm³/mol. The van der Waals surface area contributed by atoms with Crippen molar-refractivity contribution in [1.29, 1.82) is 0 Å². The van der Waals surface area contributed by atoms with Gasteiger partial charge < -0.3 is 19.5 Å². The van der Waals surface area contributed by atoms with E-state index in [0.717, 1.165) is 9.21 Å². The second-order valence-electron chi connectivity index (χ2n) is 4.30. The van der Waals surface area contributed by atoms with Gasteiger partial charge in [0.25, 0.3) is 0 Å². The van der Waals surface area contributed by atoms with E-state index in [1.165, 1.54) is 25.6 Å². The zero-order valence-electron chi connectivity index (χ0n) is 12.4. The molecule has 0 radical (unpaired) electrons. The lowest BCUT2D eigenvalue weighted by atomic mass is 10.1. The van der Waals surface area contributed by atoms with Crippen LogP contribution in [0.2, 0.25) is 4.34 Å². The molecule has 5 nitrogen and oxygen atoms in total. The number of anilines is 1. The minimum Gasteiger partial charge on any atom is -0.493 e. The van der Waals surface area contributed by atoms with Crippen LogP contribution in [0.4, 0.5) is 5.69 Å². The molecule has 118 valence electrons. The fourth-order valence-electron chi connectivity index (χ4n) is 1.93. The largest absolute Gasteiger partial charge is 0.493 e. The summed E-state index contributed by atoms with van der Waals surface area (Å²) in [5.74, 6) is 0.544. The summed E-state index contributed by atoms with van der Waals surface area (Å²) in [7, 11) is 4.39. The molecular formula is C15H16ClNO4S. The average molecular weight is 342 g/mol. The number of carbonyl (C=O) groups is 1. The molecule has 2 rings (SSSR count). The Morgan fingerprint density at radius 2 is 1.86 bits per heavy atom. The van der Waals surface area contributed by atoms with Crippen LogP contribution in [0.15, 0.2) is 24.3 Å². The van der Waals surface area contributed by atoms with Gasteiger partial charge in [-0.05, 0) is 12.1 Å². The van der Waals surface area contributed by atoms with E-state index in [1.807, 2.05) is 12.1 Å². The van der Waals surface area contributed by atoms with Gasteiger partial charge in [0.15, 0.2) is 11.5 Å². The first-order chi connectivity index (χ1) is 10.6. The van der Waals surface area contributed by atoms with Crippen LogP contribution in [0, 0.1) is 0 Å². The maximum absolute atomic E-state index is 11.9. The van der Waals surface area contributed by atoms with E-state index in [9.17, 15) is 4.79 Å². The molecule has 0 atom stereocenters. The van der Waals surface area contributed by atoms with E-state index in [4.69, 9.17) is 25.8 Å². The number of nitrogens with one attached hydrogen (secondary N) is 1. The summed E-state index contributed by atoms with van der Waals surface area (Å²) in [4.78, 5) is 13.0. The highest BCUT2D eigenvalue weighted by Crippen LogP contribution is 2.34. The number of rotatable bonds is 6. The summed E-state index contributed by atoms with van der Waals surface area (Å²) in [6.07, 6.45) is 0. The van der Waals surface area contributed by atoms with Crippen LogP contribution in [-0.4, -0.2) is 27.3 Å². The van der Waals surface area contributed by atoms with E-state index in [1.54, 1.807) is 19.2 Å². The van der Waals surface area contributed by atoms with E-state index >= 15 is 0 Å². The van der Waals surface area contributed by atoms with Crippen molar-refractivity contribution in [2.24, 2.45) is 0 Å². The highest BCUT2D eigenvalue weighted by molar-refractivity contribution is 7.16. The molecule has 0 bridgehead atoms. The molecule has 0 aliphatic heterocycles. The average Bonchev–Trinajstić information content (AvgIpc) is 2.96. The molecule has 0 saturated carbocycles. The highest BCUT2D eigenvalue weighted by atomic mass is 35.5. The summed E-state index contributed by atoms with van der Waals surface area (Å²) in [5.41, 5.74) is 0.983. The van der Waals surface area contributed by atoms with Crippen LogP contribution < -0.4 is 14.8 Å². The molecule has 0 aliphatic rings. The Labute approximate surface area is 137 Å². The van der Waals surface area contributed by atoms with Crippen LogP contribution in [0.5, 0.6) is 11.5 Å². The number of ether oxygens (including phenoxy) is 3. The maximum Gasteiger partial charge on any atom is 0.340 e. The number of hydrogen-bond donors (Lipinski definition) is 1. The van der Waals surface area contributed by atoms with Crippen molar-refractivity contribution < 1.29 is 19.0 Å². The summed E-state index contributed by atoms with van der Waals surface area (Å²) in [6.45, 7) is 0.539. The maximum atomic E-state index is 11.9. The van der Waals surface area contributed by atoms with Gasteiger partial charge >= 0.3 is 5.97 Å². The van der Waals surface area contributed by atoms with E-state index < -0.39 is 5.97 Å². The van der Waals surface area contributed by atoms with Crippen LogP contribution in [0.25, 0.3) is 0 Å². The fraction of sp³-hybridized carbons (Fsp3) is 0.267. The summed E-state index contributed by atoms with van der Waals surface area (Å²) in [6, 6.07) is 7.06. The van der Waals surface area contributed by atoms with Crippen LogP contribution in [0.3, 0.4) is 0 Å². The minimum absolute atomic E-state index is 0.378. The van der Waals surface area contributed by atoms with Gasteiger partial charge in [0.05, 0.1) is 36.9 Å². The lowest BCUT2D eigenvalue weighted by Gasteiger charge is -2.15. The van der Waals surface area contributed by atoms with Crippen LogP contribution >= 0.6 is 22.9 Å². The first-order valence-electron chi connectivity index (χ1n) is 6.41. The van der Waals surface area contributed by atoms with Crippen molar-refractivity contribution >= 4 is 34.6 Å². The van der Waals surface area contributed by atoms with Gasteiger partial charge in [-0.1, -0.05) is 11.6 Å². The minimum atomic E-state index is -0.451. The van der Waals surface area contributed by atoms with Gasteiger partial charge in [-0.3, -0.25) is 0 Å². The van der Waals surface area contributed by atoms with E-state index in [2.05, 4.69) is 5.32 Å². The van der Waals surface area contributed by atoms with Crippen molar-refractivity contribution in [3.8, 4) is 11.5 Å². The Hall–Kier alpha value is -1.92. The summed E-state index contributed by atoms with van der Waals surface area (Å²) < 4.78 is 16.0. The number of carbonyl (C=O) groups excluding carboxylic acids is 1. The van der Waals surface area contributed by atoms with E-state index in [-0.39, 0.29) is 0 Å². The molecule has 7 heteroatoms. The number of hydrogen-bond acceptors (Lipinski definition) is 6. The van der Waals surface area contributed by atoms with Crippen molar-refractivity contribution in [1.82, 2.24) is 0 Å². The van der Waals surface area contributed by atoms with Gasteiger partial charge in [0.1, 0.15) is 0 Å². The van der Waals surface area contributed by atoms with Crippen molar-refractivity contribution in [3.05, 3.63) is 39.0 Å². The lowest BCUT2D eigenvalue weighted by Crippen LogP contribution is -2.09. The Kier molecular flexibility index (Phi) is 5.51. The third-order valence-electron chi connectivity index (χ3n) is 3.01. The second kappa shape index (κ2) is 7.38. The first kappa shape index (κ1) is 16.5. The molecule has 1 N–H and O–H groups in total. The molecule has 0 saturated heterocycles. The van der Waals surface area contributed by atoms with Crippen molar-refractivity contribution in [3.63, 3.8) is 0 Å². The standard InChI is InChI=1S/C15H16ClNO4S/c1-19-12-6-10(15(18)21-3)11(7-13(12)20-2)17-8-9-4-5-14(16)22-9/h4-7,17H,8H2,1-3H3. The normalized spacial score (nSPS) is 10.2.